The van der Waals surface area contributed by atoms with E-state index in [0.29, 0.717) is 0 Å². The van der Waals surface area contributed by atoms with Crippen LogP contribution in [0.5, 0.6) is 0 Å². The van der Waals surface area contributed by atoms with Gasteiger partial charge in [0.05, 0.1) is 0 Å². The molecule has 1 aliphatic carbocycles. The molecule has 0 radical (unpaired) electrons. The Morgan fingerprint density at radius 2 is 0.960 bits per heavy atom. The molecule has 0 aromatic carbocycles. The van der Waals surface area contributed by atoms with E-state index in [1.54, 1.807) is 0 Å². The quantitative estimate of drug-likeness (QED) is 0.422. The molecule has 0 spiro atoms. The zero-order valence-corrected chi connectivity index (χ0v) is 19.7. The van der Waals surface area contributed by atoms with Crippen LogP contribution in [-0.2, 0) is 0 Å². The second kappa shape index (κ2) is 13.9. The fraction of sp³-hybridized carbons (Fsp3) is 1.00. The van der Waals surface area contributed by atoms with Crippen molar-refractivity contribution in [1.29, 1.82) is 0 Å². The minimum Gasteiger partial charge on any atom is -0.212 e. The Morgan fingerprint density at radius 3 is 1.28 bits per heavy atom. The van der Waals surface area contributed by atoms with Gasteiger partial charge in [-0.05, 0) is 22.3 Å². The van der Waals surface area contributed by atoms with Crippen molar-refractivity contribution in [2.45, 2.75) is 121 Å². The van der Waals surface area contributed by atoms with Crippen LogP contribution in [0.4, 0.5) is 0 Å². The maximum Gasteiger partial charge on any atom is 0.195 e. The van der Waals surface area contributed by atoms with Crippen molar-refractivity contribution in [3.05, 3.63) is 0 Å². The molecule has 0 N–H and O–H groups in total. The fourth-order valence-electron chi connectivity index (χ4n) is 4.12. The van der Waals surface area contributed by atoms with Crippen LogP contribution in [0.15, 0.2) is 0 Å². The van der Waals surface area contributed by atoms with Gasteiger partial charge in [-0.15, -0.1) is 0 Å². The Balaban J connectivity index is 2.59. The van der Waals surface area contributed by atoms with Crippen molar-refractivity contribution < 1.29 is 0 Å². The number of hydrogen-bond acceptors (Lipinski definition) is 2. The number of hydrogen-bond donors (Lipinski definition) is 0. The first-order valence-corrected chi connectivity index (χ1v) is 13.2. The highest BCUT2D eigenvalue weighted by Crippen LogP contribution is 2.35. The molecule has 1 aliphatic rings. The highest BCUT2D eigenvalue weighted by atomic mass is 32.2. The fourth-order valence-corrected chi connectivity index (χ4v) is 6.10. The monoisotopic (exact) mass is 382 g/mol. The predicted molar refractivity (Wildman–Crippen MR) is 127 cm³/mol. The first kappa shape index (κ1) is 23.9. The summed E-state index contributed by atoms with van der Waals surface area (Å²) in [5.41, 5.74) is 0. The van der Waals surface area contributed by atoms with Crippen molar-refractivity contribution in [2.24, 2.45) is 11.8 Å². The predicted octanol–water partition coefficient (Wildman–Crippen LogP) is 7.35. The van der Waals surface area contributed by atoms with Crippen LogP contribution in [0.2, 0.25) is 11.6 Å². The Bertz CT molecular complexity index is 295. The van der Waals surface area contributed by atoms with Crippen LogP contribution in [0.1, 0.15) is 99.3 Å². The molecular formula is C21H44B2S2. The summed E-state index contributed by atoms with van der Waals surface area (Å²) in [6.07, 6.45) is 13.3. The molecule has 0 heterocycles. The summed E-state index contributed by atoms with van der Waals surface area (Å²) in [6.45, 7) is 17.1. The largest absolute Gasteiger partial charge is 0.212 e. The summed E-state index contributed by atoms with van der Waals surface area (Å²) in [5.74, 6) is 3.78. The molecule has 0 saturated heterocycles. The molecule has 146 valence electrons. The summed E-state index contributed by atoms with van der Waals surface area (Å²) in [5, 5.41) is 1.58. The van der Waals surface area contributed by atoms with Crippen molar-refractivity contribution in [2.75, 3.05) is 0 Å². The van der Waals surface area contributed by atoms with Crippen LogP contribution < -0.4 is 0 Å². The van der Waals surface area contributed by atoms with E-state index in [0.717, 1.165) is 34.0 Å². The molecule has 0 aromatic rings. The third-order valence-electron chi connectivity index (χ3n) is 5.87. The molecule has 1 fully saturated rings. The zero-order chi connectivity index (χ0) is 18.7. The van der Waals surface area contributed by atoms with Gasteiger partial charge in [0.25, 0.3) is 0 Å². The standard InChI is InChI=1S/C21H44B2S2/c1-16(2)19-10-7-12-20(22-24-17(3)4)14-9-15-21(13-8-11-19)23-25-18(5)6/h16-23H,7-15H2,1-6H3. The minimum atomic E-state index is 0.792. The SMILES string of the molecule is CC(C)SBC1CCCC(BSC(C)C)CCCC(C(C)C)CCC1. The van der Waals surface area contributed by atoms with Crippen LogP contribution in [0, 0.1) is 11.8 Å². The smallest absolute Gasteiger partial charge is 0.195 e. The van der Waals surface area contributed by atoms with E-state index in [1.165, 1.54) is 70.9 Å². The van der Waals surface area contributed by atoms with Crippen LogP contribution in [-0.4, -0.2) is 23.6 Å². The maximum absolute atomic E-state index is 2.45. The zero-order valence-electron chi connectivity index (χ0n) is 18.1. The van der Waals surface area contributed by atoms with E-state index in [2.05, 4.69) is 64.8 Å². The van der Waals surface area contributed by atoms with Crippen molar-refractivity contribution in [1.82, 2.24) is 0 Å². The lowest BCUT2D eigenvalue weighted by atomic mass is 9.72. The number of rotatable bonds is 7. The van der Waals surface area contributed by atoms with Gasteiger partial charge >= 0.3 is 0 Å². The summed E-state index contributed by atoms with van der Waals surface area (Å²) in [7, 11) is 0. The second-order valence-electron chi connectivity index (χ2n) is 9.29. The molecule has 0 nitrogen and oxygen atoms in total. The Hall–Kier alpha value is 0.830. The molecule has 2 unspecified atom stereocenters. The van der Waals surface area contributed by atoms with E-state index in [4.69, 9.17) is 0 Å². The molecule has 0 bridgehead atoms. The third-order valence-corrected chi connectivity index (χ3v) is 8.53. The molecule has 0 amide bonds. The van der Waals surface area contributed by atoms with Gasteiger partial charge in [0.1, 0.15) is 0 Å². The van der Waals surface area contributed by atoms with Crippen molar-refractivity contribution in [3.8, 4) is 0 Å². The Morgan fingerprint density at radius 1 is 0.600 bits per heavy atom. The Labute approximate surface area is 169 Å². The lowest BCUT2D eigenvalue weighted by molar-refractivity contribution is 0.310. The van der Waals surface area contributed by atoms with E-state index >= 15 is 0 Å². The maximum atomic E-state index is 2.45. The molecule has 1 rings (SSSR count). The average molecular weight is 382 g/mol. The van der Waals surface area contributed by atoms with E-state index in [9.17, 15) is 0 Å². The molecule has 2 atom stereocenters. The normalized spacial score (nSPS) is 27.2. The summed E-state index contributed by atoms with van der Waals surface area (Å²) in [6, 6.07) is 0. The first-order valence-electron chi connectivity index (χ1n) is 11.1. The summed E-state index contributed by atoms with van der Waals surface area (Å²) >= 11 is 4.39. The second-order valence-corrected chi connectivity index (χ2v) is 12.5. The highest BCUT2D eigenvalue weighted by molar-refractivity contribution is 8.23. The van der Waals surface area contributed by atoms with Gasteiger partial charge in [0, 0.05) is 0 Å². The van der Waals surface area contributed by atoms with Crippen LogP contribution in [0.3, 0.4) is 0 Å². The van der Waals surface area contributed by atoms with Gasteiger partial charge in [-0.1, -0.05) is 111 Å². The molecule has 4 heteroatoms. The lowest BCUT2D eigenvalue weighted by Gasteiger charge is -2.26. The van der Waals surface area contributed by atoms with Gasteiger partial charge in [-0.2, -0.15) is 0 Å². The average Bonchev–Trinajstić information content (AvgIpc) is 2.52. The third kappa shape index (κ3) is 12.0. The van der Waals surface area contributed by atoms with Gasteiger partial charge in [0.15, 0.2) is 13.1 Å². The van der Waals surface area contributed by atoms with Gasteiger partial charge < -0.3 is 0 Å². The van der Waals surface area contributed by atoms with Crippen molar-refractivity contribution in [3.63, 3.8) is 0 Å². The van der Waals surface area contributed by atoms with E-state index in [1.807, 2.05) is 0 Å². The van der Waals surface area contributed by atoms with Gasteiger partial charge in [0.2, 0.25) is 0 Å². The lowest BCUT2D eigenvalue weighted by Crippen LogP contribution is -2.13. The van der Waals surface area contributed by atoms with E-state index in [-0.39, 0.29) is 0 Å². The molecule has 0 aromatic heterocycles. The Kier molecular flexibility index (Phi) is 13.3. The highest BCUT2D eigenvalue weighted by Gasteiger charge is 2.20. The topological polar surface area (TPSA) is 0 Å². The van der Waals surface area contributed by atoms with Crippen LogP contribution >= 0.6 is 23.2 Å². The first-order chi connectivity index (χ1) is 11.9. The molecule has 0 aliphatic heterocycles. The van der Waals surface area contributed by atoms with E-state index < -0.39 is 0 Å². The van der Waals surface area contributed by atoms with Gasteiger partial charge in [-0.3, -0.25) is 0 Å². The summed E-state index contributed by atoms with van der Waals surface area (Å²) in [4.78, 5) is 0. The van der Waals surface area contributed by atoms with Gasteiger partial charge in [-0.25, -0.2) is 23.2 Å². The minimum absolute atomic E-state index is 0.792. The van der Waals surface area contributed by atoms with Crippen LogP contribution in [0.25, 0.3) is 0 Å². The molecule has 1 saturated carbocycles. The molecular weight excluding hydrogens is 338 g/mol. The molecule has 25 heavy (non-hydrogen) atoms. The summed E-state index contributed by atoms with van der Waals surface area (Å²) < 4.78 is 0. The van der Waals surface area contributed by atoms with Crippen molar-refractivity contribution >= 4 is 36.3 Å².